The Morgan fingerprint density at radius 3 is 2.83 bits per heavy atom. The summed E-state index contributed by atoms with van der Waals surface area (Å²) in [6.45, 7) is 2.07. The zero-order chi connectivity index (χ0) is 22.1. The monoisotopic (exact) mass is 493 g/mol. The van der Waals surface area contributed by atoms with Crippen molar-refractivity contribution in [2.75, 3.05) is 0 Å². The summed E-state index contributed by atoms with van der Waals surface area (Å²) in [5, 5.41) is 29.6. The van der Waals surface area contributed by atoms with Crippen LogP contribution in [0.25, 0.3) is 0 Å². The fourth-order valence-electron chi connectivity index (χ4n) is 4.02. The van der Waals surface area contributed by atoms with E-state index in [-0.39, 0.29) is 24.2 Å². The number of aryl methyl sites for hydroxylation is 2. The molecule has 0 aromatic carbocycles. The summed E-state index contributed by atoms with van der Waals surface area (Å²) < 4.78 is 1.12. The van der Waals surface area contributed by atoms with Crippen LogP contribution in [0.2, 0.25) is 0 Å². The zero-order valence-electron chi connectivity index (χ0n) is 17.4. The summed E-state index contributed by atoms with van der Waals surface area (Å²) >= 11 is 5.27. The molecule has 163 valence electrons. The second-order valence-corrected chi connectivity index (χ2v) is 10.2. The molecule has 30 heavy (non-hydrogen) atoms. The van der Waals surface area contributed by atoms with Crippen molar-refractivity contribution in [1.82, 2.24) is 0 Å². The van der Waals surface area contributed by atoms with Crippen molar-refractivity contribution in [1.29, 1.82) is 0 Å². The molecule has 7 heteroatoms. The summed E-state index contributed by atoms with van der Waals surface area (Å²) in [6, 6.07) is 2.11. The normalized spacial score (nSPS) is 25.3. The number of unbranched alkanes of at least 4 members (excludes halogenated alkanes) is 1. The number of aliphatic hydroxyl groups is 2. The Labute approximate surface area is 192 Å². The second kappa shape index (κ2) is 12.7. The van der Waals surface area contributed by atoms with Crippen molar-refractivity contribution in [2.24, 2.45) is 17.8 Å². The Morgan fingerprint density at radius 2 is 2.20 bits per heavy atom. The summed E-state index contributed by atoms with van der Waals surface area (Å²) in [4.78, 5) is 13.1. The van der Waals surface area contributed by atoms with Crippen molar-refractivity contribution >= 4 is 46.7 Å². The van der Waals surface area contributed by atoms with Gasteiger partial charge in [0.2, 0.25) is 0 Å². The van der Waals surface area contributed by atoms with Crippen LogP contribution in [0, 0.1) is 24.7 Å². The number of hydrogen-bond acceptors (Lipinski definition) is 4. The van der Waals surface area contributed by atoms with Crippen LogP contribution in [0.3, 0.4) is 0 Å². The van der Waals surface area contributed by atoms with Crippen LogP contribution in [-0.2, 0) is 11.2 Å². The van der Waals surface area contributed by atoms with E-state index < -0.39 is 18.2 Å². The van der Waals surface area contributed by atoms with Gasteiger partial charge in [-0.1, -0.05) is 0 Å². The van der Waals surface area contributed by atoms with Gasteiger partial charge in [0.05, 0.1) is 0 Å². The predicted molar refractivity (Wildman–Crippen MR) is 128 cm³/mol. The van der Waals surface area contributed by atoms with E-state index in [1.54, 1.807) is 17.3 Å². The van der Waals surface area contributed by atoms with Gasteiger partial charge in [-0.3, -0.25) is 0 Å². The Hall–Kier alpha value is -1.02. The second-order valence-electron chi connectivity index (χ2n) is 8.00. The molecular formula is C23H31BBrO4S. The van der Waals surface area contributed by atoms with Gasteiger partial charge in [0.15, 0.2) is 0 Å². The molecule has 0 amide bonds. The van der Waals surface area contributed by atoms with Crippen LogP contribution in [0.4, 0.5) is 0 Å². The first-order valence-corrected chi connectivity index (χ1v) is 12.1. The van der Waals surface area contributed by atoms with Gasteiger partial charge < -0.3 is 0 Å². The number of aliphatic hydroxyl groups excluding tert-OH is 2. The molecule has 0 saturated heterocycles. The molecule has 1 aliphatic rings. The summed E-state index contributed by atoms with van der Waals surface area (Å²) in [7, 11) is 5.82. The Bertz CT molecular complexity index is 741. The van der Waals surface area contributed by atoms with Crippen molar-refractivity contribution in [3.63, 3.8) is 0 Å². The number of carboxylic acids is 1. The van der Waals surface area contributed by atoms with Gasteiger partial charge in [-0.2, -0.15) is 0 Å². The van der Waals surface area contributed by atoms with Crippen LogP contribution >= 0.6 is 27.3 Å². The topological polar surface area (TPSA) is 77.8 Å². The zero-order valence-corrected chi connectivity index (χ0v) is 19.8. The minimum absolute atomic E-state index is 0.0462. The van der Waals surface area contributed by atoms with Crippen LogP contribution in [-0.4, -0.2) is 47.0 Å². The summed E-state index contributed by atoms with van der Waals surface area (Å²) in [6.07, 6.45) is 11.3. The molecule has 1 aromatic rings. The average Bonchev–Trinajstić information content (AvgIpc) is 3.19. The minimum atomic E-state index is -0.776. The van der Waals surface area contributed by atoms with Gasteiger partial charge in [0, 0.05) is 0 Å². The number of carbonyl (C=O) groups is 1. The molecule has 1 saturated carbocycles. The first kappa shape index (κ1) is 25.2. The molecule has 0 bridgehead atoms. The Kier molecular flexibility index (Phi) is 10.7. The Morgan fingerprint density at radius 1 is 1.43 bits per heavy atom. The average molecular weight is 494 g/mol. The van der Waals surface area contributed by atoms with Crippen molar-refractivity contribution in [3.8, 4) is 0 Å². The molecule has 0 aliphatic heterocycles. The number of rotatable bonds is 12. The number of thiophene rings is 1. The van der Waals surface area contributed by atoms with Crippen LogP contribution in [0.15, 0.2) is 34.8 Å². The van der Waals surface area contributed by atoms with Gasteiger partial charge in [-0.15, -0.1) is 0 Å². The van der Waals surface area contributed by atoms with E-state index in [4.69, 9.17) is 12.6 Å². The van der Waals surface area contributed by atoms with Gasteiger partial charge in [-0.05, 0) is 0 Å². The van der Waals surface area contributed by atoms with Crippen molar-refractivity contribution in [2.45, 2.75) is 64.1 Å². The van der Waals surface area contributed by atoms with E-state index in [9.17, 15) is 15.0 Å². The first-order valence-electron chi connectivity index (χ1n) is 10.5. The number of aliphatic carboxylic acids is 1. The molecule has 1 fully saturated rings. The van der Waals surface area contributed by atoms with Gasteiger partial charge in [0.25, 0.3) is 0 Å². The quantitative estimate of drug-likeness (QED) is 0.228. The van der Waals surface area contributed by atoms with Crippen molar-refractivity contribution < 1.29 is 20.1 Å². The molecule has 1 aliphatic carbocycles. The third-order valence-electron chi connectivity index (χ3n) is 5.73. The van der Waals surface area contributed by atoms with E-state index in [2.05, 4.69) is 28.9 Å². The SMILES string of the molecule is [B]=C[C@@H]1CC(O)[C@H](CC=CCCCC(=O)O)[C@H]1/C=C/[C@@H](O)CCc1cc(Br)c(C)s1. The molecule has 1 unspecified atom stereocenters. The molecule has 2 rings (SSSR count). The standard InChI is InChI=1S/C23H31BBrO4S/c1-15-21(25)13-18(30-15)10-8-17(26)9-11-19-16(14-24)12-22(27)20(19)6-4-2-3-5-7-23(28)29/h2,4,9,11,13-14,16-17,19-20,22,26-27H,3,5-8,10,12H2,1H3,(H,28,29)/b4-2?,11-9+/t16-,17-,19-,20+,22?/m0/s1. The fraction of sp³-hybridized carbons (Fsp3) is 0.565. The fourth-order valence-corrected chi connectivity index (χ4v) is 5.63. The molecule has 4 nitrogen and oxygen atoms in total. The molecule has 3 N–H and O–H groups in total. The number of halogens is 1. The maximum absolute atomic E-state index is 10.6. The summed E-state index contributed by atoms with van der Waals surface area (Å²) in [5.41, 5.74) is 0. The van der Waals surface area contributed by atoms with Gasteiger partial charge in [0.1, 0.15) is 0 Å². The number of carboxylic acid groups (broad SMARTS) is 1. The van der Waals surface area contributed by atoms with E-state index in [1.807, 2.05) is 24.3 Å². The van der Waals surface area contributed by atoms with Crippen molar-refractivity contribution in [3.05, 3.63) is 44.6 Å². The molecule has 1 aromatic heterocycles. The summed E-state index contributed by atoms with van der Waals surface area (Å²) in [5.74, 6) is 1.10. The van der Waals surface area contributed by atoms with Gasteiger partial charge >= 0.3 is 193 Å². The van der Waals surface area contributed by atoms with E-state index in [0.717, 1.165) is 17.3 Å². The van der Waals surface area contributed by atoms with E-state index in [1.165, 1.54) is 9.75 Å². The maximum atomic E-state index is 10.6. The van der Waals surface area contributed by atoms with Gasteiger partial charge in [-0.25, -0.2) is 0 Å². The molecular weight excluding hydrogens is 463 g/mol. The third-order valence-corrected chi connectivity index (χ3v) is 7.93. The van der Waals surface area contributed by atoms with E-state index >= 15 is 0 Å². The first-order chi connectivity index (χ1) is 14.3. The molecule has 1 heterocycles. The molecule has 0 spiro atoms. The molecule has 5 atom stereocenters. The van der Waals surface area contributed by atoms with E-state index in [0.29, 0.717) is 25.7 Å². The predicted octanol–water partition coefficient (Wildman–Crippen LogP) is 4.45. The van der Waals surface area contributed by atoms with Crippen LogP contribution < -0.4 is 0 Å². The number of hydrogen-bond donors (Lipinski definition) is 3. The van der Waals surface area contributed by atoms with Crippen LogP contribution in [0.5, 0.6) is 0 Å². The van der Waals surface area contributed by atoms with Crippen LogP contribution in [0.1, 0.15) is 48.3 Å². The number of allylic oxidation sites excluding steroid dienone is 3. The molecule has 1 radical (unpaired) electrons. The third kappa shape index (κ3) is 7.91. The Balaban J connectivity index is 1.89.